The number of methoxy groups -OCH3 is 1. The predicted octanol–water partition coefficient (Wildman–Crippen LogP) is 2.17. The highest BCUT2D eigenvalue weighted by Crippen LogP contribution is 2.49. The molecule has 0 aliphatic heterocycles. The van der Waals surface area contributed by atoms with E-state index in [-0.39, 0.29) is 5.41 Å². The summed E-state index contributed by atoms with van der Waals surface area (Å²) in [5.41, 5.74) is 8.61. The first-order valence-corrected chi connectivity index (χ1v) is 5.65. The molecule has 1 heterocycles. The third-order valence-corrected chi connectivity index (χ3v) is 3.70. The number of hydrogen-bond acceptors (Lipinski definition) is 2. The lowest BCUT2D eigenvalue weighted by atomic mass is 9.96. The van der Waals surface area contributed by atoms with Crippen LogP contribution >= 0.6 is 0 Å². The molecule has 0 radical (unpaired) electrons. The van der Waals surface area contributed by atoms with Crippen molar-refractivity contribution in [2.75, 3.05) is 13.7 Å². The third kappa shape index (κ3) is 1.25. The van der Waals surface area contributed by atoms with Crippen LogP contribution in [-0.4, -0.2) is 18.6 Å². The van der Waals surface area contributed by atoms with Gasteiger partial charge in [-0.2, -0.15) is 0 Å². The monoisotopic (exact) mass is 216 g/mol. The second-order valence-corrected chi connectivity index (χ2v) is 4.60. The van der Waals surface area contributed by atoms with Crippen LogP contribution in [0, 0.1) is 0 Å². The van der Waals surface area contributed by atoms with E-state index in [0.29, 0.717) is 0 Å². The van der Waals surface area contributed by atoms with E-state index in [1.807, 2.05) is 12.1 Å². The molecular weight excluding hydrogens is 200 g/mol. The van der Waals surface area contributed by atoms with E-state index < -0.39 is 0 Å². The highest BCUT2D eigenvalue weighted by Gasteiger charge is 2.44. The number of ether oxygens (including phenoxy) is 1. The lowest BCUT2D eigenvalue weighted by molar-refractivity contribution is 0.415. The average Bonchev–Trinajstić information content (AvgIpc) is 3.02. The number of aromatic amines is 1. The van der Waals surface area contributed by atoms with Crippen LogP contribution in [0.1, 0.15) is 18.4 Å². The Morgan fingerprint density at radius 3 is 2.88 bits per heavy atom. The van der Waals surface area contributed by atoms with Crippen LogP contribution in [0.4, 0.5) is 0 Å². The number of hydrogen-bond donors (Lipinski definition) is 2. The van der Waals surface area contributed by atoms with Crippen LogP contribution < -0.4 is 10.5 Å². The van der Waals surface area contributed by atoms with E-state index in [0.717, 1.165) is 17.8 Å². The molecule has 0 atom stereocenters. The lowest BCUT2D eigenvalue weighted by Gasteiger charge is -2.10. The minimum atomic E-state index is 0.243. The van der Waals surface area contributed by atoms with Gasteiger partial charge in [0.05, 0.1) is 7.11 Å². The van der Waals surface area contributed by atoms with Gasteiger partial charge in [-0.3, -0.25) is 0 Å². The molecule has 1 fully saturated rings. The Kier molecular flexibility index (Phi) is 1.98. The van der Waals surface area contributed by atoms with Crippen LogP contribution in [0.3, 0.4) is 0 Å². The predicted molar refractivity (Wildman–Crippen MR) is 64.8 cm³/mol. The third-order valence-electron chi connectivity index (χ3n) is 3.70. The summed E-state index contributed by atoms with van der Waals surface area (Å²) < 4.78 is 5.21. The smallest absolute Gasteiger partial charge is 0.120 e. The Morgan fingerprint density at radius 1 is 1.44 bits per heavy atom. The Bertz CT molecular complexity index is 526. The zero-order valence-corrected chi connectivity index (χ0v) is 9.42. The molecule has 84 valence electrons. The van der Waals surface area contributed by atoms with Gasteiger partial charge in [0.15, 0.2) is 0 Å². The Morgan fingerprint density at radius 2 is 2.25 bits per heavy atom. The summed E-state index contributed by atoms with van der Waals surface area (Å²) in [4.78, 5) is 3.31. The van der Waals surface area contributed by atoms with Crippen molar-refractivity contribution in [1.29, 1.82) is 0 Å². The van der Waals surface area contributed by atoms with Gasteiger partial charge in [0, 0.05) is 35.1 Å². The molecule has 1 aromatic carbocycles. The fourth-order valence-electron chi connectivity index (χ4n) is 2.41. The van der Waals surface area contributed by atoms with Gasteiger partial charge in [0.2, 0.25) is 0 Å². The van der Waals surface area contributed by atoms with E-state index in [1.165, 1.54) is 23.8 Å². The molecule has 1 aromatic heterocycles. The number of nitrogens with two attached hydrogens (primary N) is 1. The van der Waals surface area contributed by atoms with Crippen molar-refractivity contribution in [3.8, 4) is 5.75 Å². The van der Waals surface area contributed by atoms with E-state index in [2.05, 4.69) is 17.2 Å². The maximum Gasteiger partial charge on any atom is 0.120 e. The lowest BCUT2D eigenvalue weighted by Crippen LogP contribution is -2.19. The van der Waals surface area contributed by atoms with Crippen LogP contribution in [0.2, 0.25) is 0 Å². The number of H-pyrrole nitrogens is 1. The second-order valence-electron chi connectivity index (χ2n) is 4.60. The van der Waals surface area contributed by atoms with Crippen molar-refractivity contribution in [1.82, 2.24) is 4.98 Å². The zero-order valence-electron chi connectivity index (χ0n) is 9.42. The second kappa shape index (κ2) is 3.25. The molecule has 16 heavy (non-hydrogen) atoms. The number of benzene rings is 1. The summed E-state index contributed by atoms with van der Waals surface area (Å²) in [6, 6.07) is 6.16. The minimum Gasteiger partial charge on any atom is -0.497 e. The standard InChI is InChI=1S/C13H16N2O/c1-16-9-2-3-10-11(7-15-12(10)6-9)13(8-14)4-5-13/h2-3,6-7,15H,4-5,8,14H2,1H3. The van der Waals surface area contributed by atoms with Crippen molar-refractivity contribution >= 4 is 10.9 Å². The van der Waals surface area contributed by atoms with Gasteiger partial charge in [-0.1, -0.05) is 0 Å². The normalized spacial score (nSPS) is 17.6. The van der Waals surface area contributed by atoms with Gasteiger partial charge in [0.1, 0.15) is 5.75 Å². The molecule has 1 saturated carbocycles. The summed E-state index contributed by atoms with van der Waals surface area (Å²) >= 11 is 0. The van der Waals surface area contributed by atoms with E-state index in [9.17, 15) is 0 Å². The van der Waals surface area contributed by atoms with E-state index in [1.54, 1.807) is 7.11 Å². The maximum atomic E-state index is 5.87. The maximum absolute atomic E-state index is 5.87. The van der Waals surface area contributed by atoms with Crippen molar-refractivity contribution in [2.24, 2.45) is 5.73 Å². The molecule has 0 bridgehead atoms. The van der Waals surface area contributed by atoms with E-state index >= 15 is 0 Å². The molecule has 3 heteroatoms. The van der Waals surface area contributed by atoms with Gasteiger partial charge in [0.25, 0.3) is 0 Å². The quantitative estimate of drug-likeness (QED) is 0.826. The number of rotatable bonds is 3. The molecule has 0 amide bonds. The SMILES string of the molecule is COc1ccc2c(C3(CN)CC3)c[nH]c2c1. The zero-order chi connectivity index (χ0) is 11.2. The van der Waals surface area contributed by atoms with Crippen LogP contribution in [0.25, 0.3) is 10.9 Å². The van der Waals surface area contributed by atoms with Crippen molar-refractivity contribution in [3.05, 3.63) is 30.0 Å². The molecule has 0 saturated heterocycles. The summed E-state index contributed by atoms with van der Waals surface area (Å²) in [5.74, 6) is 0.887. The molecule has 3 rings (SSSR count). The largest absolute Gasteiger partial charge is 0.497 e. The molecule has 1 aliphatic carbocycles. The molecule has 0 unspecified atom stereocenters. The minimum absolute atomic E-state index is 0.243. The van der Waals surface area contributed by atoms with Crippen molar-refractivity contribution in [3.63, 3.8) is 0 Å². The molecule has 3 N–H and O–H groups in total. The number of fused-ring (bicyclic) bond motifs is 1. The summed E-state index contributed by atoms with van der Waals surface area (Å²) in [5, 5.41) is 1.28. The van der Waals surface area contributed by atoms with Crippen LogP contribution in [0.15, 0.2) is 24.4 Å². The molecule has 2 aromatic rings. The Labute approximate surface area is 94.6 Å². The van der Waals surface area contributed by atoms with Gasteiger partial charge in [-0.05, 0) is 30.5 Å². The van der Waals surface area contributed by atoms with Crippen LogP contribution in [0.5, 0.6) is 5.75 Å². The fraction of sp³-hybridized carbons (Fsp3) is 0.385. The van der Waals surface area contributed by atoms with E-state index in [4.69, 9.17) is 10.5 Å². The summed E-state index contributed by atoms with van der Waals surface area (Å²) in [6.45, 7) is 0.742. The average molecular weight is 216 g/mol. The molecule has 3 nitrogen and oxygen atoms in total. The van der Waals surface area contributed by atoms with Crippen molar-refractivity contribution < 1.29 is 4.74 Å². The van der Waals surface area contributed by atoms with Gasteiger partial charge in [-0.15, -0.1) is 0 Å². The topological polar surface area (TPSA) is 51.0 Å². The van der Waals surface area contributed by atoms with Gasteiger partial charge < -0.3 is 15.5 Å². The highest BCUT2D eigenvalue weighted by molar-refractivity contribution is 5.86. The Hall–Kier alpha value is -1.48. The fourth-order valence-corrected chi connectivity index (χ4v) is 2.41. The molecular formula is C13H16N2O. The first kappa shape index (κ1) is 9.73. The highest BCUT2D eigenvalue weighted by atomic mass is 16.5. The number of nitrogens with one attached hydrogen (secondary N) is 1. The first-order chi connectivity index (χ1) is 7.79. The molecule has 1 aliphatic rings. The summed E-state index contributed by atoms with van der Waals surface area (Å²) in [6.07, 6.45) is 4.52. The molecule has 0 spiro atoms. The van der Waals surface area contributed by atoms with Gasteiger partial charge in [-0.25, -0.2) is 0 Å². The first-order valence-electron chi connectivity index (χ1n) is 5.65. The van der Waals surface area contributed by atoms with Crippen molar-refractivity contribution in [2.45, 2.75) is 18.3 Å². The number of aromatic nitrogens is 1. The summed E-state index contributed by atoms with van der Waals surface area (Å²) in [7, 11) is 1.69. The Balaban J connectivity index is 2.14. The van der Waals surface area contributed by atoms with Gasteiger partial charge >= 0.3 is 0 Å². The van der Waals surface area contributed by atoms with Crippen LogP contribution in [-0.2, 0) is 5.41 Å².